The first kappa shape index (κ1) is 37.2. The van der Waals surface area contributed by atoms with Gasteiger partial charge in [-0.05, 0) is 115 Å². The van der Waals surface area contributed by atoms with Gasteiger partial charge in [0.25, 0.3) is 0 Å². The molecule has 3 aliphatic carbocycles. The average Bonchev–Trinajstić information content (AvgIpc) is 3.61. The number of benzene rings is 3. The quantitative estimate of drug-likeness (QED) is 0.142. The van der Waals surface area contributed by atoms with Gasteiger partial charge in [0, 0.05) is 13.6 Å². The fraction of sp³-hybridized carbons (Fsp3) is 0.524. The van der Waals surface area contributed by atoms with Gasteiger partial charge in [-0.25, -0.2) is 6.54 Å². The number of fused-ring (bicyclic) bond motifs is 1. The fourth-order valence-corrected chi connectivity index (χ4v) is 15.9. The molecule has 5 heteroatoms. The van der Waals surface area contributed by atoms with E-state index in [2.05, 4.69) is 80.9 Å². The summed E-state index contributed by atoms with van der Waals surface area (Å²) >= 11 is -1.70. The van der Waals surface area contributed by atoms with Crippen molar-refractivity contribution in [3.8, 4) is 0 Å². The molecule has 1 aliphatic heterocycles. The number of hydrogen-bond acceptors (Lipinski definition) is 1. The number of nitrogens with zero attached hydrogens (tertiary/aromatic N) is 1. The summed E-state index contributed by atoms with van der Waals surface area (Å²) in [6.45, 7) is 8.71. The van der Waals surface area contributed by atoms with Gasteiger partial charge in [0.2, 0.25) is 0 Å². The van der Waals surface area contributed by atoms with Gasteiger partial charge < -0.3 is 4.90 Å². The predicted molar refractivity (Wildman–Crippen MR) is 211 cm³/mol. The van der Waals surface area contributed by atoms with Crippen LogP contribution in [0.4, 0.5) is 5.69 Å². The normalized spacial score (nSPS) is 19.6. The third kappa shape index (κ3) is 11.2. The molecule has 0 unspecified atom stereocenters. The first-order chi connectivity index (χ1) is 22.9. The maximum absolute atomic E-state index is 5.82. The molecule has 0 amide bonds. The molecule has 47 heavy (non-hydrogen) atoms. The van der Waals surface area contributed by atoms with Gasteiger partial charge in [0.1, 0.15) is 0 Å². The Morgan fingerprint density at radius 1 is 0.681 bits per heavy atom. The van der Waals surface area contributed by atoms with E-state index in [9.17, 15) is 0 Å². The zero-order chi connectivity index (χ0) is 33.0. The van der Waals surface area contributed by atoms with Crippen molar-refractivity contribution in [3.63, 3.8) is 0 Å². The number of halogens is 2. The summed E-state index contributed by atoms with van der Waals surface area (Å²) in [7, 11) is 11.6. The van der Waals surface area contributed by atoms with Gasteiger partial charge in [0.05, 0.1) is 17.0 Å². The maximum atomic E-state index is 5.82. The van der Waals surface area contributed by atoms with Gasteiger partial charge >= 0.3 is 96.3 Å². The Morgan fingerprint density at radius 2 is 1.19 bits per heavy atom. The molecular formula is C42H58Cl2NPRu. The third-order valence-electron chi connectivity index (χ3n) is 10.8. The van der Waals surface area contributed by atoms with E-state index in [1.165, 1.54) is 50.1 Å². The van der Waals surface area contributed by atoms with E-state index in [1.54, 1.807) is 96.3 Å². The molecule has 0 saturated heterocycles. The summed E-state index contributed by atoms with van der Waals surface area (Å²) in [5, 5.41) is 2.47. The van der Waals surface area contributed by atoms with Crippen LogP contribution in [0.15, 0.2) is 66.9 Å². The molecule has 0 bridgehead atoms. The van der Waals surface area contributed by atoms with Crippen LogP contribution in [0.2, 0.25) is 0 Å². The van der Waals surface area contributed by atoms with E-state index in [1.807, 2.05) is 22.8 Å². The molecule has 0 aromatic heterocycles. The molecule has 7 rings (SSSR count). The van der Waals surface area contributed by atoms with Crippen LogP contribution in [0, 0.1) is 27.3 Å². The summed E-state index contributed by atoms with van der Waals surface area (Å²) in [5.74, 6) is 0. The molecule has 3 aromatic rings. The molecule has 0 spiro atoms. The summed E-state index contributed by atoms with van der Waals surface area (Å²) < 4.78 is 1.96. The molecule has 0 radical (unpaired) electrons. The molecule has 4 aliphatic rings. The number of rotatable bonds is 5. The van der Waals surface area contributed by atoms with E-state index in [-0.39, 0.29) is 7.92 Å². The van der Waals surface area contributed by atoms with Gasteiger partial charge in [-0.15, -0.1) is 6.42 Å². The number of hydrogen-bond donors (Lipinski definition) is 0. The van der Waals surface area contributed by atoms with Crippen LogP contribution in [0.5, 0.6) is 0 Å². The molecule has 3 saturated carbocycles. The molecule has 3 fully saturated rings. The predicted octanol–water partition coefficient (Wildman–Crippen LogP) is 13.6. The monoisotopic (exact) mass is 779 g/mol. The van der Waals surface area contributed by atoms with Gasteiger partial charge in [0.15, 0.2) is 0 Å². The number of aryl methyl sites for hydroxylation is 3. The van der Waals surface area contributed by atoms with Crippen LogP contribution >= 0.6 is 27.3 Å². The first-order valence-corrected chi connectivity index (χ1v) is 25.6. The topological polar surface area (TPSA) is 3.24 Å². The standard InChI is InChI=1S/C18H33P.C13H16N.C11H8.2ClH.Ru/c1-4-10-16(11-5-1)19(17-12-6-2-7-13-17)18-14-8-3-9-15-18;1-10-8-11(2)13(12(3)9-10)14-6-4-5-7-14;1-9-6-7-10-4-2-3-5-11(10)8-9;;;/h16-18H,1-15H2;4,6-9H,5H2,1-3H3;1-8H;2*1H;/q;-1;;;;+2/p-1. The fourth-order valence-electron chi connectivity index (χ4n) is 8.82. The van der Waals surface area contributed by atoms with Crippen molar-refractivity contribution in [2.75, 3.05) is 4.90 Å². The summed E-state index contributed by atoms with van der Waals surface area (Å²) in [6, 6.07) is 19.0. The Labute approximate surface area is 301 Å². The van der Waals surface area contributed by atoms with Gasteiger partial charge in [-0.2, -0.15) is 0 Å². The second kappa shape index (κ2) is 19.4. The van der Waals surface area contributed by atoms with Crippen molar-refractivity contribution >= 4 is 48.4 Å². The Balaban J connectivity index is 0.000000141. The Hall–Kier alpha value is -1.04. The van der Waals surface area contributed by atoms with Crippen molar-refractivity contribution in [1.29, 1.82) is 0 Å². The summed E-state index contributed by atoms with van der Waals surface area (Å²) in [4.78, 5) is 2.23. The average molecular weight is 780 g/mol. The van der Waals surface area contributed by atoms with Crippen molar-refractivity contribution in [1.82, 2.24) is 0 Å². The van der Waals surface area contributed by atoms with Crippen LogP contribution in [-0.2, 0) is 13.5 Å². The first-order valence-electron chi connectivity index (χ1n) is 18.4. The van der Waals surface area contributed by atoms with Crippen LogP contribution < -0.4 is 4.90 Å². The zero-order valence-electron chi connectivity index (χ0n) is 29.1. The van der Waals surface area contributed by atoms with Gasteiger partial charge in [-0.3, -0.25) is 0 Å². The minimum absolute atomic E-state index is 0.0465. The third-order valence-corrected chi connectivity index (χ3v) is 17.2. The van der Waals surface area contributed by atoms with Crippen LogP contribution in [0.3, 0.4) is 0 Å². The Bertz CT molecular complexity index is 1400. The van der Waals surface area contributed by atoms with Crippen molar-refractivity contribution in [3.05, 3.63) is 95.7 Å². The zero-order valence-corrected chi connectivity index (χ0v) is 33.4. The van der Waals surface area contributed by atoms with Crippen LogP contribution in [0.25, 0.3) is 10.8 Å². The minimum atomic E-state index is -1.70. The second-order valence-electron chi connectivity index (χ2n) is 14.4. The van der Waals surface area contributed by atoms with Crippen molar-refractivity contribution in [2.45, 2.75) is 140 Å². The molecular weight excluding hydrogens is 721 g/mol. The van der Waals surface area contributed by atoms with Crippen LogP contribution in [-0.4, -0.2) is 21.6 Å². The SMILES string of the molecule is C1CCC([PH+](C2CCCCC2)C2CCCCC2)CC1.Cc1cc(C)c(N2C=CC[CH-]2)c(C)c1.[Cl][Ru]([Cl])=[CH]c1ccc2ccccc2c1. The molecule has 1 nitrogen and oxygen atoms in total. The summed E-state index contributed by atoms with van der Waals surface area (Å²) in [6.07, 6.45) is 29.2. The van der Waals surface area contributed by atoms with E-state index in [4.69, 9.17) is 19.4 Å². The summed E-state index contributed by atoms with van der Waals surface area (Å²) in [5.41, 5.74) is 10.2. The van der Waals surface area contributed by atoms with Crippen molar-refractivity contribution in [2.24, 2.45) is 0 Å². The molecule has 258 valence electrons. The van der Waals surface area contributed by atoms with E-state index in [0.29, 0.717) is 0 Å². The Kier molecular flexibility index (Phi) is 15.3. The van der Waals surface area contributed by atoms with E-state index < -0.39 is 13.5 Å². The number of anilines is 1. The Morgan fingerprint density at radius 3 is 1.66 bits per heavy atom. The molecule has 1 heterocycles. The van der Waals surface area contributed by atoms with E-state index >= 15 is 0 Å². The van der Waals surface area contributed by atoms with Gasteiger partial charge in [-0.1, -0.05) is 43.0 Å². The van der Waals surface area contributed by atoms with E-state index in [0.717, 1.165) is 12.0 Å². The van der Waals surface area contributed by atoms with Crippen LogP contribution in [0.1, 0.15) is 125 Å². The van der Waals surface area contributed by atoms with Crippen molar-refractivity contribution < 1.29 is 13.5 Å². The second-order valence-corrected chi connectivity index (χ2v) is 23.6. The molecule has 0 N–H and O–H groups in total. The molecule has 0 atom stereocenters. The molecule has 3 aromatic carbocycles.